The van der Waals surface area contributed by atoms with Crippen LogP contribution in [0.5, 0.6) is 5.75 Å². The molecule has 0 aliphatic rings. The molecule has 2 aromatic carbocycles. The lowest BCUT2D eigenvalue weighted by atomic mass is 10.1. The fourth-order valence-electron chi connectivity index (χ4n) is 2.68. The summed E-state index contributed by atoms with van der Waals surface area (Å²) in [5.41, 5.74) is 1.64. The molecule has 148 valence electrons. The van der Waals surface area contributed by atoms with Crippen LogP contribution in [0.1, 0.15) is 29.3 Å². The van der Waals surface area contributed by atoms with Crippen molar-refractivity contribution in [1.82, 2.24) is 5.32 Å². The van der Waals surface area contributed by atoms with Gasteiger partial charge in [-0.05, 0) is 29.8 Å². The number of ether oxygens (including phenoxy) is 2. The standard InChI is InChI=1S/C21H24N2O5/c1-15(24)23(19-7-5-4-6-18(19)21(26)28-3)13-12-20(25)22-14-16-8-10-17(27-2)11-9-16/h4-11H,12-14H2,1-3H3,(H,22,25). The molecule has 2 amide bonds. The average Bonchev–Trinajstić information content (AvgIpc) is 2.72. The van der Waals surface area contributed by atoms with E-state index in [1.54, 1.807) is 31.4 Å². The van der Waals surface area contributed by atoms with Gasteiger partial charge >= 0.3 is 5.97 Å². The number of hydrogen-bond acceptors (Lipinski definition) is 5. The highest BCUT2D eigenvalue weighted by molar-refractivity contribution is 6.02. The number of para-hydroxylation sites is 1. The Morgan fingerprint density at radius 1 is 1.00 bits per heavy atom. The van der Waals surface area contributed by atoms with E-state index in [0.29, 0.717) is 12.2 Å². The molecule has 0 saturated carbocycles. The summed E-state index contributed by atoms with van der Waals surface area (Å²) in [6.07, 6.45) is 0.102. The number of anilines is 1. The lowest BCUT2D eigenvalue weighted by molar-refractivity contribution is -0.121. The molecule has 7 nitrogen and oxygen atoms in total. The molecule has 0 fully saturated rings. The second kappa shape index (κ2) is 10.1. The number of carbonyl (C=O) groups excluding carboxylic acids is 3. The predicted molar refractivity (Wildman–Crippen MR) is 105 cm³/mol. The molecule has 0 aliphatic heterocycles. The minimum Gasteiger partial charge on any atom is -0.497 e. The normalized spacial score (nSPS) is 10.1. The molecule has 0 unspecified atom stereocenters. The molecule has 0 radical (unpaired) electrons. The summed E-state index contributed by atoms with van der Waals surface area (Å²) in [7, 11) is 2.87. The number of nitrogens with zero attached hydrogens (tertiary/aromatic N) is 1. The minimum absolute atomic E-state index is 0.102. The van der Waals surface area contributed by atoms with Crippen LogP contribution in [0.2, 0.25) is 0 Å². The van der Waals surface area contributed by atoms with Crippen molar-refractivity contribution in [3.05, 3.63) is 59.7 Å². The van der Waals surface area contributed by atoms with Crippen LogP contribution >= 0.6 is 0 Å². The maximum atomic E-state index is 12.2. The van der Waals surface area contributed by atoms with Gasteiger partial charge < -0.3 is 19.7 Å². The van der Waals surface area contributed by atoms with Gasteiger partial charge in [-0.1, -0.05) is 24.3 Å². The number of rotatable bonds is 8. The second-order valence-corrected chi connectivity index (χ2v) is 6.05. The molecule has 7 heteroatoms. The largest absolute Gasteiger partial charge is 0.497 e. The van der Waals surface area contributed by atoms with E-state index in [2.05, 4.69) is 5.32 Å². The van der Waals surface area contributed by atoms with Crippen molar-refractivity contribution in [2.45, 2.75) is 19.9 Å². The summed E-state index contributed by atoms with van der Waals surface area (Å²) in [6.45, 7) is 1.92. The molecule has 0 bridgehead atoms. The molecule has 2 aromatic rings. The number of amides is 2. The van der Waals surface area contributed by atoms with E-state index < -0.39 is 5.97 Å². The molecule has 28 heavy (non-hydrogen) atoms. The van der Waals surface area contributed by atoms with Gasteiger partial charge in [-0.3, -0.25) is 9.59 Å². The van der Waals surface area contributed by atoms with Crippen LogP contribution in [0.4, 0.5) is 5.69 Å². The van der Waals surface area contributed by atoms with Crippen molar-refractivity contribution < 1.29 is 23.9 Å². The lowest BCUT2D eigenvalue weighted by Gasteiger charge is -2.23. The number of hydrogen-bond donors (Lipinski definition) is 1. The third-order valence-electron chi connectivity index (χ3n) is 4.19. The highest BCUT2D eigenvalue weighted by Gasteiger charge is 2.20. The van der Waals surface area contributed by atoms with Crippen LogP contribution in [0, 0.1) is 0 Å². The van der Waals surface area contributed by atoms with E-state index in [9.17, 15) is 14.4 Å². The topological polar surface area (TPSA) is 84.9 Å². The lowest BCUT2D eigenvalue weighted by Crippen LogP contribution is -2.34. The van der Waals surface area contributed by atoms with E-state index in [1.807, 2.05) is 24.3 Å². The quantitative estimate of drug-likeness (QED) is 0.707. The molecule has 0 heterocycles. The number of benzene rings is 2. The molecular formula is C21H24N2O5. The third-order valence-corrected chi connectivity index (χ3v) is 4.19. The zero-order valence-corrected chi connectivity index (χ0v) is 16.2. The molecule has 0 aromatic heterocycles. The first kappa shape index (κ1) is 21.0. The van der Waals surface area contributed by atoms with E-state index >= 15 is 0 Å². The third kappa shape index (κ3) is 5.57. The maximum Gasteiger partial charge on any atom is 0.339 e. The van der Waals surface area contributed by atoms with Crippen LogP contribution in [0.15, 0.2) is 48.5 Å². The Balaban J connectivity index is 1.98. The predicted octanol–water partition coefficient (Wildman–Crippen LogP) is 2.54. The van der Waals surface area contributed by atoms with Gasteiger partial charge in [-0.2, -0.15) is 0 Å². The maximum absolute atomic E-state index is 12.2. The molecule has 0 saturated heterocycles. The van der Waals surface area contributed by atoms with Gasteiger partial charge in [0.1, 0.15) is 5.75 Å². The molecule has 2 rings (SSSR count). The summed E-state index contributed by atoms with van der Waals surface area (Å²) in [6, 6.07) is 14.0. The van der Waals surface area contributed by atoms with Crippen LogP contribution in [-0.4, -0.2) is 38.5 Å². The van der Waals surface area contributed by atoms with Crippen LogP contribution in [0.25, 0.3) is 0 Å². The number of methoxy groups -OCH3 is 2. The molecule has 0 aliphatic carbocycles. The van der Waals surface area contributed by atoms with Crippen molar-refractivity contribution in [3.63, 3.8) is 0 Å². The van der Waals surface area contributed by atoms with Crippen molar-refractivity contribution in [2.24, 2.45) is 0 Å². The Morgan fingerprint density at radius 3 is 2.29 bits per heavy atom. The smallest absolute Gasteiger partial charge is 0.339 e. The van der Waals surface area contributed by atoms with Crippen molar-refractivity contribution in [1.29, 1.82) is 0 Å². The van der Waals surface area contributed by atoms with Gasteiger partial charge in [0.15, 0.2) is 0 Å². The molecule has 0 atom stereocenters. The monoisotopic (exact) mass is 384 g/mol. The molecule has 0 spiro atoms. The van der Waals surface area contributed by atoms with Gasteiger partial charge in [0, 0.05) is 26.4 Å². The van der Waals surface area contributed by atoms with Crippen LogP contribution in [-0.2, 0) is 20.9 Å². The van der Waals surface area contributed by atoms with Crippen molar-refractivity contribution in [3.8, 4) is 5.75 Å². The minimum atomic E-state index is -0.536. The SMILES string of the molecule is COC(=O)c1ccccc1N(CCC(=O)NCc1ccc(OC)cc1)C(C)=O. The van der Waals surface area contributed by atoms with Gasteiger partial charge in [0.2, 0.25) is 11.8 Å². The van der Waals surface area contributed by atoms with E-state index in [-0.39, 0.29) is 30.3 Å². The number of esters is 1. The summed E-state index contributed by atoms with van der Waals surface area (Å²) in [4.78, 5) is 37.7. The Hall–Kier alpha value is -3.35. The van der Waals surface area contributed by atoms with Gasteiger partial charge in [-0.25, -0.2) is 4.79 Å². The van der Waals surface area contributed by atoms with Gasteiger partial charge in [0.25, 0.3) is 0 Å². The Morgan fingerprint density at radius 2 is 1.68 bits per heavy atom. The van der Waals surface area contributed by atoms with Gasteiger partial charge in [-0.15, -0.1) is 0 Å². The molecular weight excluding hydrogens is 360 g/mol. The second-order valence-electron chi connectivity index (χ2n) is 6.05. The fraction of sp³-hybridized carbons (Fsp3) is 0.286. The van der Waals surface area contributed by atoms with Crippen molar-refractivity contribution >= 4 is 23.5 Å². The van der Waals surface area contributed by atoms with Crippen LogP contribution < -0.4 is 15.0 Å². The first-order valence-electron chi connectivity index (χ1n) is 8.81. The van der Waals surface area contributed by atoms with E-state index in [4.69, 9.17) is 9.47 Å². The number of carbonyl (C=O) groups is 3. The summed E-state index contributed by atoms with van der Waals surface area (Å²) < 4.78 is 9.87. The summed E-state index contributed by atoms with van der Waals surface area (Å²) in [5, 5.41) is 2.82. The Kier molecular flexibility index (Phi) is 7.56. The van der Waals surface area contributed by atoms with E-state index in [1.165, 1.54) is 18.9 Å². The summed E-state index contributed by atoms with van der Waals surface area (Å²) >= 11 is 0. The van der Waals surface area contributed by atoms with Gasteiger partial charge in [0.05, 0.1) is 25.5 Å². The zero-order valence-electron chi connectivity index (χ0n) is 16.2. The van der Waals surface area contributed by atoms with Crippen molar-refractivity contribution in [2.75, 3.05) is 25.7 Å². The number of nitrogens with one attached hydrogen (secondary N) is 1. The summed E-state index contributed by atoms with van der Waals surface area (Å²) in [5.74, 6) is -0.251. The first-order chi connectivity index (χ1) is 13.5. The van der Waals surface area contributed by atoms with Crippen LogP contribution in [0.3, 0.4) is 0 Å². The fourth-order valence-corrected chi connectivity index (χ4v) is 2.68. The average molecular weight is 384 g/mol. The first-order valence-corrected chi connectivity index (χ1v) is 8.81. The molecule has 1 N–H and O–H groups in total. The zero-order chi connectivity index (χ0) is 20.5. The Bertz CT molecular complexity index is 833. The highest BCUT2D eigenvalue weighted by atomic mass is 16.5. The Labute approximate surface area is 164 Å². The highest BCUT2D eigenvalue weighted by Crippen LogP contribution is 2.22. The van der Waals surface area contributed by atoms with E-state index in [0.717, 1.165) is 11.3 Å².